The maximum Gasteiger partial charge on any atom is 0.251 e. The Labute approximate surface area is 245 Å². The third-order valence-corrected chi connectivity index (χ3v) is 10.1. The molecule has 9 nitrogen and oxygen atoms in total. The molecule has 0 aliphatic carbocycles. The van der Waals surface area contributed by atoms with E-state index in [1.165, 1.54) is 18.0 Å². The summed E-state index contributed by atoms with van der Waals surface area (Å²) in [4.78, 5) is 42.7. The fourth-order valence-corrected chi connectivity index (χ4v) is 7.21. The zero-order chi connectivity index (χ0) is 29.3. The van der Waals surface area contributed by atoms with Crippen molar-refractivity contribution in [2.75, 3.05) is 26.7 Å². The summed E-state index contributed by atoms with van der Waals surface area (Å²) in [6.45, 7) is 2.84. The second-order valence-corrected chi connectivity index (χ2v) is 13.1. The van der Waals surface area contributed by atoms with Crippen molar-refractivity contribution >= 4 is 50.1 Å². The summed E-state index contributed by atoms with van der Waals surface area (Å²) < 4.78 is 28.1. The largest absolute Gasteiger partial charge is 0.348 e. The summed E-state index contributed by atoms with van der Waals surface area (Å²) in [7, 11) is -2.56. The van der Waals surface area contributed by atoms with Gasteiger partial charge in [-0.3, -0.25) is 14.4 Å². The highest BCUT2D eigenvalue weighted by Crippen LogP contribution is 2.28. The standard InChI is InChI=1S/C30H33ClN4O5S/c1-20(29(37)34-15-6-9-25(19-34)32-28(36)21-7-4-3-5-8-21)35-16-14-27(30(35)38)33(2)41(39,40)26-13-11-22-17-24(31)12-10-23(22)18-26/h3-5,7-8,10-13,17-18,20,25,27H,6,9,14-16,19H2,1-2H3,(H,32,36)/t20-,25?,27+/m1/s1. The number of rotatable bonds is 7. The van der Waals surface area contributed by atoms with Gasteiger partial charge in [-0.15, -0.1) is 0 Å². The van der Waals surface area contributed by atoms with Crippen LogP contribution in [-0.2, 0) is 19.6 Å². The van der Waals surface area contributed by atoms with Crippen molar-refractivity contribution in [3.63, 3.8) is 0 Å². The summed E-state index contributed by atoms with van der Waals surface area (Å²) in [6.07, 6.45) is 1.77. The summed E-state index contributed by atoms with van der Waals surface area (Å²) in [5.74, 6) is -0.790. The molecular weight excluding hydrogens is 564 g/mol. The van der Waals surface area contributed by atoms with Gasteiger partial charge in [-0.2, -0.15) is 4.31 Å². The molecule has 5 rings (SSSR count). The van der Waals surface area contributed by atoms with Gasteiger partial charge >= 0.3 is 0 Å². The summed E-state index contributed by atoms with van der Waals surface area (Å²) in [5, 5.41) is 5.11. The first-order valence-corrected chi connectivity index (χ1v) is 15.5. The van der Waals surface area contributed by atoms with Gasteiger partial charge in [0, 0.05) is 43.3 Å². The van der Waals surface area contributed by atoms with E-state index in [9.17, 15) is 22.8 Å². The van der Waals surface area contributed by atoms with Crippen LogP contribution in [0, 0.1) is 0 Å². The number of nitrogens with one attached hydrogen (secondary N) is 1. The number of likely N-dealkylation sites (N-methyl/N-ethyl adjacent to an activating group) is 1. The van der Waals surface area contributed by atoms with E-state index in [0.29, 0.717) is 23.7 Å². The maximum atomic E-state index is 13.5. The van der Waals surface area contributed by atoms with Crippen LogP contribution in [0.4, 0.5) is 0 Å². The number of likely N-dealkylation sites (tertiary alicyclic amines) is 2. The molecule has 2 fully saturated rings. The number of hydrogen-bond acceptors (Lipinski definition) is 5. The molecule has 2 heterocycles. The molecule has 0 bridgehead atoms. The molecule has 2 aliphatic rings. The number of fused-ring (bicyclic) bond motifs is 1. The molecule has 41 heavy (non-hydrogen) atoms. The summed E-state index contributed by atoms with van der Waals surface area (Å²) in [5.41, 5.74) is 0.560. The van der Waals surface area contributed by atoms with Crippen molar-refractivity contribution in [1.29, 1.82) is 0 Å². The molecule has 216 valence electrons. The second-order valence-electron chi connectivity index (χ2n) is 10.6. The zero-order valence-corrected chi connectivity index (χ0v) is 24.6. The predicted octanol–water partition coefficient (Wildman–Crippen LogP) is 3.52. The number of piperidine rings is 1. The Morgan fingerprint density at radius 3 is 2.46 bits per heavy atom. The van der Waals surface area contributed by atoms with Crippen molar-refractivity contribution in [3.05, 3.63) is 77.3 Å². The van der Waals surface area contributed by atoms with E-state index in [0.717, 1.165) is 27.9 Å². The number of sulfonamides is 1. The van der Waals surface area contributed by atoms with Crippen LogP contribution in [0.15, 0.2) is 71.6 Å². The molecule has 2 saturated heterocycles. The lowest BCUT2D eigenvalue weighted by atomic mass is 10.0. The molecular formula is C30H33ClN4O5S. The minimum Gasteiger partial charge on any atom is -0.348 e. The highest BCUT2D eigenvalue weighted by atomic mass is 35.5. The maximum absolute atomic E-state index is 13.5. The summed E-state index contributed by atoms with van der Waals surface area (Å²) >= 11 is 6.05. The first-order valence-electron chi connectivity index (χ1n) is 13.7. The minimum absolute atomic E-state index is 0.0853. The average Bonchev–Trinajstić information content (AvgIpc) is 3.36. The van der Waals surface area contributed by atoms with Crippen LogP contribution in [0.5, 0.6) is 0 Å². The number of halogens is 1. The Kier molecular flexibility index (Phi) is 8.35. The van der Waals surface area contributed by atoms with Crippen LogP contribution in [-0.4, -0.2) is 85.1 Å². The molecule has 2 aliphatic heterocycles. The van der Waals surface area contributed by atoms with E-state index in [2.05, 4.69) is 5.32 Å². The van der Waals surface area contributed by atoms with Gasteiger partial charge in [-0.1, -0.05) is 41.9 Å². The van der Waals surface area contributed by atoms with E-state index in [1.54, 1.807) is 66.4 Å². The Hall–Kier alpha value is -3.47. The number of carbonyl (C=O) groups excluding carboxylic acids is 3. The Bertz CT molecular complexity index is 1580. The molecule has 3 atom stereocenters. The molecule has 3 aromatic carbocycles. The zero-order valence-electron chi connectivity index (χ0n) is 23.0. The Balaban J connectivity index is 1.23. The van der Waals surface area contributed by atoms with Crippen LogP contribution in [0.2, 0.25) is 5.02 Å². The average molecular weight is 597 g/mol. The monoisotopic (exact) mass is 596 g/mol. The first kappa shape index (κ1) is 29.0. The fourth-order valence-electron chi connectivity index (χ4n) is 5.65. The Morgan fingerprint density at radius 1 is 1.00 bits per heavy atom. The van der Waals surface area contributed by atoms with E-state index in [-0.39, 0.29) is 35.7 Å². The number of hydrogen-bond donors (Lipinski definition) is 1. The normalized spacial score (nSPS) is 20.4. The van der Waals surface area contributed by atoms with Gasteiger partial charge in [0.25, 0.3) is 5.91 Å². The molecule has 0 radical (unpaired) electrons. The summed E-state index contributed by atoms with van der Waals surface area (Å²) in [6, 6.07) is 17.1. The van der Waals surface area contributed by atoms with E-state index in [1.807, 2.05) is 6.07 Å². The Morgan fingerprint density at radius 2 is 1.71 bits per heavy atom. The van der Waals surface area contributed by atoms with Crippen molar-refractivity contribution in [2.24, 2.45) is 0 Å². The van der Waals surface area contributed by atoms with Crippen LogP contribution >= 0.6 is 11.6 Å². The van der Waals surface area contributed by atoms with Crippen molar-refractivity contribution in [3.8, 4) is 0 Å². The van der Waals surface area contributed by atoms with Gasteiger partial charge in [-0.25, -0.2) is 8.42 Å². The lowest BCUT2D eigenvalue weighted by Gasteiger charge is -2.36. The molecule has 11 heteroatoms. The lowest BCUT2D eigenvalue weighted by Crippen LogP contribution is -2.55. The number of amides is 3. The molecule has 1 unspecified atom stereocenters. The number of carbonyl (C=O) groups is 3. The van der Waals surface area contributed by atoms with Gasteiger partial charge in [0.05, 0.1) is 4.90 Å². The third-order valence-electron chi connectivity index (χ3n) is 8.03. The van der Waals surface area contributed by atoms with Crippen molar-refractivity contribution < 1.29 is 22.8 Å². The van der Waals surface area contributed by atoms with Crippen LogP contribution in [0.3, 0.4) is 0 Å². The van der Waals surface area contributed by atoms with Gasteiger partial charge < -0.3 is 15.1 Å². The van der Waals surface area contributed by atoms with Gasteiger partial charge in [-0.05, 0) is 73.4 Å². The predicted molar refractivity (Wildman–Crippen MR) is 157 cm³/mol. The first-order chi connectivity index (χ1) is 19.6. The highest BCUT2D eigenvalue weighted by molar-refractivity contribution is 7.89. The molecule has 0 saturated carbocycles. The van der Waals surface area contributed by atoms with E-state index >= 15 is 0 Å². The van der Waals surface area contributed by atoms with Crippen molar-refractivity contribution in [2.45, 2.75) is 49.2 Å². The minimum atomic E-state index is -3.97. The SMILES string of the molecule is C[C@H](C(=O)N1CCCC(NC(=O)c2ccccc2)C1)N1CC[C@H](N(C)S(=O)(=O)c2ccc3cc(Cl)ccc3c2)C1=O. The van der Waals surface area contributed by atoms with E-state index < -0.39 is 28.0 Å². The number of benzene rings is 3. The highest BCUT2D eigenvalue weighted by Gasteiger charge is 2.43. The van der Waals surface area contributed by atoms with Crippen LogP contribution in [0.1, 0.15) is 36.5 Å². The second kappa shape index (κ2) is 11.8. The van der Waals surface area contributed by atoms with Gasteiger partial charge in [0.1, 0.15) is 12.1 Å². The van der Waals surface area contributed by atoms with Gasteiger partial charge in [0.15, 0.2) is 0 Å². The number of nitrogens with zero attached hydrogens (tertiary/aromatic N) is 3. The molecule has 1 N–H and O–H groups in total. The van der Waals surface area contributed by atoms with Crippen molar-refractivity contribution in [1.82, 2.24) is 19.4 Å². The molecule has 0 spiro atoms. The lowest BCUT2D eigenvalue weighted by molar-refractivity contribution is -0.144. The van der Waals surface area contributed by atoms with Gasteiger partial charge in [0.2, 0.25) is 21.8 Å². The quantitative estimate of drug-likeness (QED) is 0.449. The van der Waals surface area contributed by atoms with Crippen LogP contribution < -0.4 is 5.32 Å². The molecule has 0 aromatic heterocycles. The van der Waals surface area contributed by atoms with E-state index in [4.69, 9.17) is 11.6 Å². The smallest absolute Gasteiger partial charge is 0.251 e. The van der Waals surface area contributed by atoms with Crippen LogP contribution in [0.25, 0.3) is 10.8 Å². The fraction of sp³-hybridized carbons (Fsp3) is 0.367. The third kappa shape index (κ3) is 5.95. The molecule has 3 aromatic rings. The topological polar surface area (TPSA) is 107 Å². The molecule has 3 amide bonds.